The Balaban J connectivity index is 1.23. The fourth-order valence-corrected chi connectivity index (χ4v) is 5.66. The number of nitrogens with one attached hydrogen (secondary N) is 4. The van der Waals surface area contributed by atoms with Crippen LogP contribution in [0.25, 0.3) is 21.8 Å². The van der Waals surface area contributed by atoms with Crippen LogP contribution in [0.15, 0.2) is 83.7 Å². The number of benzene rings is 3. The monoisotopic (exact) mass is 532 g/mol. The van der Waals surface area contributed by atoms with Crippen LogP contribution in [-0.2, 0) is 19.5 Å². The summed E-state index contributed by atoms with van der Waals surface area (Å²) < 4.78 is 0. The number of aromatic nitrogens is 2. The zero-order valence-electron chi connectivity index (χ0n) is 22.6. The van der Waals surface area contributed by atoms with Crippen LogP contribution in [0.4, 0.5) is 0 Å². The number of amides is 1. The molecule has 0 bridgehead atoms. The Morgan fingerprint density at radius 2 is 1.93 bits per heavy atom. The summed E-state index contributed by atoms with van der Waals surface area (Å²) >= 11 is 0. The molecule has 0 spiro atoms. The molecule has 6 rings (SSSR count). The van der Waals surface area contributed by atoms with Gasteiger partial charge in [-0.2, -0.15) is 0 Å². The van der Waals surface area contributed by atoms with E-state index in [1.165, 1.54) is 10.9 Å². The molecule has 0 saturated carbocycles. The number of allylic oxidation sites excluding steroid dienone is 1. The number of nitrogens with zero attached hydrogens (tertiary/aromatic N) is 2. The molecule has 3 heterocycles. The van der Waals surface area contributed by atoms with Crippen molar-refractivity contribution >= 4 is 34.4 Å². The fraction of sp³-hybridized carbons (Fsp3) is 0.188. The van der Waals surface area contributed by atoms with E-state index >= 15 is 0 Å². The van der Waals surface area contributed by atoms with Crippen LogP contribution >= 0.6 is 0 Å². The van der Waals surface area contributed by atoms with E-state index in [0.717, 1.165) is 44.5 Å². The van der Waals surface area contributed by atoms with Crippen LogP contribution in [0.5, 0.6) is 5.75 Å². The zero-order valence-corrected chi connectivity index (χ0v) is 22.6. The van der Waals surface area contributed by atoms with Crippen molar-refractivity contribution in [3.8, 4) is 5.75 Å². The molecule has 2 aromatic heterocycles. The molecule has 1 aliphatic heterocycles. The lowest BCUT2D eigenvalue weighted by molar-refractivity contribution is 0.0960. The van der Waals surface area contributed by atoms with Gasteiger partial charge in [0.1, 0.15) is 5.75 Å². The standard InChI is InChI=1S/C32H32N6O2/c1-33-21(18-38(2)3)13-20-16-35-28-12-19(8-10-23(20)28)15-34-17-29-30(25-6-4-5-7-27(25)36-29)31-26-14-22(39)9-11-24(26)32(40)37-31/h4-12,14,16,18,31,34-36,39H,1,13,15,17H2,2-3H3,(H,37,40)/b21-18-. The lowest BCUT2D eigenvalue weighted by atomic mass is 9.95. The van der Waals surface area contributed by atoms with Crippen molar-refractivity contribution in [3.05, 3.63) is 112 Å². The van der Waals surface area contributed by atoms with E-state index in [1.54, 1.807) is 18.2 Å². The molecule has 1 aliphatic rings. The minimum Gasteiger partial charge on any atom is -0.508 e. The number of aliphatic imine (C=N–C) groups is 1. The molecule has 0 radical (unpaired) electrons. The second kappa shape index (κ2) is 10.4. The van der Waals surface area contributed by atoms with E-state index in [0.29, 0.717) is 25.1 Å². The van der Waals surface area contributed by atoms with Crippen molar-refractivity contribution in [2.24, 2.45) is 4.99 Å². The first-order chi connectivity index (χ1) is 19.4. The molecule has 202 valence electrons. The van der Waals surface area contributed by atoms with Crippen LogP contribution in [0.2, 0.25) is 0 Å². The van der Waals surface area contributed by atoms with E-state index in [2.05, 4.69) is 56.6 Å². The Morgan fingerprint density at radius 1 is 1.07 bits per heavy atom. The van der Waals surface area contributed by atoms with Gasteiger partial charge in [0.2, 0.25) is 0 Å². The average Bonchev–Trinajstić information content (AvgIpc) is 3.60. The maximum absolute atomic E-state index is 12.7. The Bertz CT molecular complexity index is 1780. The lowest BCUT2D eigenvalue weighted by Crippen LogP contribution is -2.22. The van der Waals surface area contributed by atoms with Crippen molar-refractivity contribution < 1.29 is 9.90 Å². The van der Waals surface area contributed by atoms with Gasteiger partial charge in [0.15, 0.2) is 0 Å². The van der Waals surface area contributed by atoms with E-state index in [9.17, 15) is 9.90 Å². The SMILES string of the molecule is C=N/C(=C\N(C)C)Cc1c[nH]c2cc(CNCc3[nH]c4ccccc4c3C3NC(=O)c4ccc(O)cc43)ccc12. The second-order valence-electron chi connectivity index (χ2n) is 10.5. The highest BCUT2D eigenvalue weighted by Gasteiger charge is 2.33. The molecule has 0 aliphatic carbocycles. The van der Waals surface area contributed by atoms with Crippen molar-refractivity contribution in [3.63, 3.8) is 0 Å². The summed E-state index contributed by atoms with van der Waals surface area (Å²) in [6, 6.07) is 19.2. The van der Waals surface area contributed by atoms with Crippen LogP contribution in [-0.4, -0.2) is 46.7 Å². The molecule has 1 atom stereocenters. The molecule has 5 aromatic rings. The molecule has 0 fully saturated rings. The highest BCUT2D eigenvalue weighted by Crippen LogP contribution is 2.38. The predicted molar refractivity (Wildman–Crippen MR) is 160 cm³/mol. The third kappa shape index (κ3) is 4.74. The van der Waals surface area contributed by atoms with Gasteiger partial charge >= 0.3 is 0 Å². The molecule has 0 saturated heterocycles. The smallest absolute Gasteiger partial charge is 0.252 e. The molecule has 8 heteroatoms. The molecular formula is C32H32N6O2. The van der Waals surface area contributed by atoms with E-state index in [1.807, 2.05) is 49.6 Å². The van der Waals surface area contributed by atoms with Crippen LogP contribution in [0.3, 0.4) is 0 Å². The molecule has 1 unspecified atom stereocenters. The number of carbonyl (C=O) groups excluding carboxylic acids is 1. The van der Waals surface area contributed by atoms with Crippen LogP contribution < -0.4 is 10.6 Å². The van der Waals surface area contributed by atoms with Gasteiger partial charge in [-0.15, -0.1) is 0 Å². The number of aromatic hydroxyl groups is 1. The Labute approximate surface area is 232 Å². The van der Waals surface area contributed by atoms with Crippen LogP contribution in [0, 0.1) is 0 Å². The van der Waals surface area contributed by atoms with Gasteiger partial charge in [0.25, 0.3) is 5.91 Å². The number of phenols is 1. The van der Waals surface area contributed by atoms with Gasteiger partial charge in [-0.25, -0.2) is 0 Å². The normalized spacial score (nSPS) is 15.0. The first kappa shape index (κ1) is 25.5. The predicted octanol–water partition coefficient (Wildman–Crippen LogP) is 5.12. The molecule has 8 nitrogen and oxygen atoms in total. The van der Waals surface area contributed by atoms with Gasteiger partial charge < -0.3 is 30.6 Å². The maximum atomic E-state index is 12.7. The summed E-state index contributed by atoms with van der Waals surface area (Å²) in [6.45, 7) is 4.97. The lowest BCUT2D eigenvalue weighted by Gasteiger charge is -2.15. The summed E-state index contributed by atoms with van der Waals surface area (Å²) in [6.07, 6.45) is 4.74. The molecule has 1 amide bonds. The third-order valence-corrected chi connectivity index (χ3v) is 7.43. The fourth-order valence-electron chi connectivity index (χ4n) is 5.66. The number of hydrogen-bond acceptors (Lipinski definition) is 5. The quantitative estimate of drug-likeness (QED) is 0.170. The number of hydrogen-bond donors (Lipinski definition) is 5. The summed E-state index contributed by atoms with van der Waals surface area (Å²) in [5, 5.41) is 19.1. The summed E-state index contributed by atoms with van der Waals surface area (Å²) in [5.41, 5.74) is 8.76. The Morgan fingerprint density at radius 3 is 2.75 bits per heavy atom. The first-order valence-corrected chi connectivity index (χ1v) is 13.3. The zero-order chi connectivity index (χ0) is 27.8. The van der Waals surface area contributed by atoms with Gasteiger partial charge in [-0.1, -0.05) is 30.3 Å². The molecule has 3 aromatic carbocycles. The van der Waals surface area contributed by atoms with Gasteiger partial charge in [-0.05, 0) is 53.7 Å². The number of fused-ring (bicyclic) bond motifs is 3. The number of para-hydroxylation sites is 1. The summed E-state index contributed by atoms with van der Waals surface area (Å²) in [4.78, 5) is 25.8. The van der Waals surface area contributed by atoms with Gasteiger partial charge in [-0.3, -0.25) is 9.79 Å². The third-order valence-electron chi connectivity index (χ3n) is 7.43. The number of H-pyrrole nitrogens is 2. The number of phenolic OH excluding ortho intramolecular Hbond substituents is 1. The topological polar surface area (TPSA) is 109 Å². The molecule has 40 heavy (non-hydrogen) atoms. The summed E-state index contributed by atoms with van der Waals surface area (Å²) in [5.74, 6) is 0.0179. The maximum Gasteiger partial charge on any atom is 0.252 e. The summed E-state index contributed by atoms with van der Waals surface area (Å²) in [7, 11) is 3.96. The minimum atomic E-state index is -0.340. The Hall–Kier alpha value is -4.82. The highest BCUT2D eigenvalue weighted by molar-refractivity contribution is 6.01. The first-order valence-electron chi connectivity index (χ1n) is 13.3. The highest BCUT2D eigenvalue weighted by atomic mass is 16.3. The number of carbonyl (C=O) groups is 1. The largest absolute Gasteiger partial charge is 0.508 e. The van der Waals surface area contributed by atoms with Crippen molar-refractivity contribution in [1.82, 2.24) is 25.5 Å². The minimum absolute atomic E-state index is 0.129. The van der Waals surface area contributed by atoms with Crippen molar-refractivity contribution in [2.75, 3.05) is 14.1 Å². The number of aromatic amines is 2. The molecular weight excluding hydrogens is 500 g/mol. The second-order valence-corrected chi connectivity index (χ2v) is 10.5. The van der Waals surface area contributed by atoms with Gasteiger partial charge in [0.05, 0.1) is 11.7 Å². The van der Waals surface area contributed by atoms with Gasteiger partial charge in [0, 0.05) is 84.6 Å². The van der Waals surface area contributed by atoms with E-state index < -0.39 is 0 Å². The van der Waals surface area contributed by atoms with Crippen LogP contribution in [0.1, 0.15) is 44.3 Å². The Kier molecular flexibility index (Phi) is 6.61. The average molecular weight is 533 g/mol. The van der Waals surface area contributed by atoms with E-state index in [-0.39, 0.29) is 17.7 Å². The molecule has 5 N–H and O–H groups in total. The van der Waals surface area contributed by atoms with E-state index in [4.69, 9.17) is 0 Å². The van der Waals surface area contributed by atoms with Crippen molar-refractivity contribution in [1.29, 1.82) is 0 Å². The van der Waals surface area contributed by atoms with Crippen molar-refractivity contribution in [2.45, 2.75) is 25.6 Å². The number of rotatable bonds is 9.